The fraction of sp³-hybridized carbons (Fsp3) is 0.250. The van der Waals surface area contributed by atoms with E-state index in [0.29, 0.717) is 13.0 Å². The number of rotatable bonds is 6. The Morgan fingerprint density at radius 3 is 2.70 bits per heavy atom. The van der Waals surface area contributed by atoms with Crippen molar-refractivity contribution in [2.75, 3.05) is 11.9 Å². The van der Waals surface area contributed by atoms with E-state index in [2.05, 4.69) is 10.3 Å². The van der Waals surface area contributed by atoms with Gasteiger partial charge in [0.25, 0.3) is 0 Å². The number of aromatic nitrogens is 1. The van der Waals surface area contributed by atoms with Crippen LogP contribution in [0.25, 0.3) is 0 Å². The predicted molar refractivity (Wildman–Crippen MR) is 73.9 cm³/mol. The maximum Gasteiger partial charge on any atom is 0.341 e. The fourth-order valence-electron chi connectivity index (χ4n) is 1.64. The zero-order valence-corrected chi connectivity index (χ0v) is 11.9. The smallest absolute Gasteiger partial charge is 0.341 e. The fourth-order valence-corrected chi connectivity index (χ4v) is 3.16. The molecule has 4 nitrogen and oxygen atoms in total. The summed E-state index contributed by atoms with van der Waals surface area (Å²) < 4.78 is 48.3. The highest BCUT2D eigenvalue weighted by Gasteiger charge is 2.28. The minimum atomic E-state index is -4.60. The van der Waals surface area contributed by atoms with Crippen LogP contribution in [0.1, 0.15) is 5.01 Å². The van der Waals surface area contributed by atoms with E-state index in [0.717, 1.165) is 5.01 Å². The number of hydrogen-bond acceptors (Lipinski definition) is 5. The first-order valence-electron chi connectivity index (χ1n) is 5.75. The van der Waals surface area contributed by atoms with Crippen LogP contribution in [-0.4, -0.2) is 25.7 Å². The quantitative estimate of drug-likeness (QED) is 0.890. The van der Waals surface area contributed by atoms with E-state index >= 15 is 0 Å². The minimum absolute atomic E-state index is 0.185. The molecule has 0 amide bonds. The van der Waals surface area contributed by atoms with Gasteiger partial charge in [-0.2, -0.15) is 8.78 Å². The lowest BCUT2D eigenvalue weighted by Crippen LogP contribution is -2.15. The zero-order valence-electron chi connectivity index (χ0n) is 10.3. The van der Waals surface area contributed by atoms with Gasteiger partial charge >= 0.3 is 5.76 Å². The number of thiazole rings is 1. The monoisotopic (exact) mass is 318 g/mol. The van der Waals surface area contributed by atoms with E-state index in [1.807, 2.05) is 5.38 Å². The summed E-state index contributed by atoms with van der Waals surface area (Å²) in [5.74, 6) is -3.43. The average Bonchev–Trinajstić information content (AvgIpc) is 2.92. The Balaban J connectivity index is 2.12. The van der Waals surface area contributed by atoms with E-state index < -0.39 is 15.6 Å². The molecule has 0 radical (unpaired) electrons. The van der Waals surface area contributed by atoms with Crippen molar-refractivity contribution in [1.29, 1.82) is 0 Å². The van der Waals surface area contributed by atoms with Gasteiger partial charge in [-0.25, -0.2) is 13.4 Å². The molecule has 0 atom stereocenters. The second kappa shape index (κ2) is 6.27. The molecule has 20 heavy (non-hydrogen) atoms. The Kier molecular flexibility index (Phi) is 4.66. The van der Waals surface area contributed by atoms with E-state index in [1.54, 1.807) is 12.3 Å². The first-order chi connectivity index (χ1) is 9.51. The number of anilines is 1. The molecular weight excluding hydrogens is 306 g/mol. The van der Waals surface area contributed by atoms with Crippen LogP contribution in [0.5, 0.6) is 0 Å². The average molecular weight is 318 g/mol. The third-order valence-corrected chi connectivity index (χ3v) is 4.84. The maximum atomic E-state index is 12.6. The minimum Gasteiger partial charge on any atom is -0.384 e. The Morgan fingerprint density at radius 2 is 2.05 bits per heavy atom. The van der Waals surface area contributed by atoms with Gasteiger partial charge in [-0.3, -0.25) is 0 Å². The highest BCUT2D eigenvalue weighted by atomic mass is 32.2. The summed E-state index contributed by atoms with van der Waals surface area (Å²) in [5.41, 5.74) is 0.185. The molecule has 0 unspecified atom stereocenters. The van der Waals surface area contributed by atoms with Crippen molar-refractivity contribution >= 4 is 26.9 Å². The van der Waals surface area contributed by atoms with Crippen LogP contribution in [0.15, 0.2) is 40.7 Å². The third-order valence-electron chi connectivity index (χ3n) is 2.57. The van der Waals surface area contributed by atoms with Crippen LogP contribution in [0.3, 0.4) is 0 Å². The Hall–Kier alpha value is -1.54. The molecule has 1 N–H and O–H groups in total. The van der Waals surface area contributed by atoms with Crippen molar-refractivity contribution < 1.29 is 17.2 Å². The van der Waals surface area contributed by atoms with Crippen molar-refractivity contribution in [3.8, 4) is 0 Å². The number of benzene rings is 1. The molecule has 8 heteroatoms. The van der Waals surface area contributed by atoms with Gasteiger partial charge in [-0.1, -0.05) is 12.1 Å². The van der Waals surface area contributed by atoms with Crippen molar-refractivity contribution in [2.24, 2.45) is 0 Å². The summed E-state index contributed by atoms with van der Waals surface area (Å²) >= 11 is 1.48. The van der Waals surface area contributed by atoms with Gasteiger partial charge in [0, 0.05) is 24.5 Å². The largest absolute Gasteiger partial charge is 0.384 e. The molecule has 0 fully saturated rings. The van der Waals surface area contributed by atoms with Gasteiger partial charge < -0.3 is 5.32 Å². The van der Waals surface area contributed by atoms with Gasteiger partial charge in [0.2, 0.25) is 9.84 Å². The summed E-state index contributed by atoms with van der Waals surface area (Å²) in [6, 6.07) is 5.65. The van der Waals surface area contributed by atoms with Crippen molar-refractivity contribution in [3.05, 3.63) is 40.8 Å². The summed E-state index contributed by atoms with van der Waals surface area (Å²) in [6.07, 6.45) is 2.27. The van der Waals surface area contributed by atoms with E-state index in [1.165, 1.54) is 29.5 Å². The molecule has 0 saturated heterocycles. The Morgan fingerprint density at radius 1 is 1.30 bits per heavy atom. The molecule has 2 rings (SSSR count). The van der Waals surface area contributed by atoms with Gasteiger partial charge in [-0.15, -0.1) is 11.3 Å². The summed E-state index contributed by atoms with van der Waals surface area (Å²) in [6.45, 7) is 0.420. The number of nitrogens with zero attached hydrogens (tertiary/aromatic N) is 1. The first kappa shape index (κ1) is 14.9. The molecule has 0 spiro atoms. The van der Waals surface area contributed by atoms with E-state index in [9.17, 15) is 17.2 Å². The molecule has 0 aliphatic rings. The van der Waals surface area contributed by atoms with Gasteiger partial charge in [-0.05, 0) is 12.1 Å². The molecular formula is C12H12F2N2O2S2. The van der Waals surface area contributed by atoms with Gasteiger partial charge in [0.05, 0.1) is 15.6 Å². The number of sulfone groups is 1. The second-order valence-corrected chi connectivity index (χ2v) is 6.77. The number of nitrogens with one attached hydrogen (secondary N) is 1. The number of halogens is 2. The molecule has 1 aromatic carbocycles. The Labute approximate surface area is 119 Å². The normalized spacial score (nSPS) is 11.8. The van der Waals surface area contributed by atoms with Crippen LogP contribution in [0.2, 0.25) is 0 Å². The molecule has 1 aromatic heterocycles. The summed E-state index contributed by atoms with van der Waals surface area (Å²) in [4.78, 5) is 3.71. The molecule has 108 valence electrons. The molecule has 0 bridgehead atoms. The molecule has 1 heterocycles. The van der Waals surface area contributed by atoms with Crippen LogP contribution in [-0.2, 0) is 16.3 Å². The van der Waals surface area contributed by atoms with Crippen LogP contribution in [0.4, 0.5) is 14.5 Å². The standard InChI is InChI=1S/C12H12F2N2O2S2/c13-12(14)20(17,18)10-4-2-1-3-9(10)15-6-5-11-16-7-8-19-11/h1-4,7-8,12,15H,5-6H2. The molecule has 0 saturated carbocycles. The molecule has 2 aromatic rings. The second-order valence-electron chi connectivity index (χ2n) is 3.90. The van der Waals surface area contributed by atoms with Crippen molar-refractivity contribution in [3.63, 3.8) is 0 Å². The first-order valence-corrected chi connectivity index (χ1v) is 8.17. The molecule has 0 aliphatic carbocycles. The number of alkyl halides is 2. The van der Waals surface area contributed by atoms with Crippen LogP contribution in [0, 0.1) is 0 Å². The van der Waals surface area contributed by atoms with Crippen molar-refractivity contribution in [2.45, 2.75) is 17.1 Å². The van der Waals surface area contributed by atoms with Gasteiger partial charge in [0.15, 0.2) is 0 Å². The predicted octanol–water partition coefficient (Wildman–Crippen LogP) is 2.79. The SMILES string of the molecule is O=S(=O)(c1ccccc1NCCc1nccs1)C(F)F. The highest BCUT2D eigenvalue weighted by molar-refractivity contribution is 7.91. The third kappa shape index (κ3) is 3.31. The van der Waals surface area contributed by atoms with Crippen molar-refractivity contribution in [1.82, 2.24) is 4.98 Å². The van der Waals surface area contributed by atoms with E-state index in [-0.39, 0.29) is 10.6 Å². The lowest BCUT2D eigenvalue weighted by Gasteiger charge is -2.11. The van der Waals surface area contributed by atoms with Crippen LogP contribution < -0.4 is 5.32 Å². The summed E-state index contributed by atoms with van der Waals surface area (Å²) in [7, 11) is -4.60. The summed E-state index contributed by atoms with van der Waals surface area (Å²) in [5, 5.41) is 5.60. The lowest BCUT2D eigenvalue weighted by molar-refractivity contribution is 0.235. The van der Waals surface area contributed by atoms with Gasteiger partial charge in [0.1, 0.15) is 0 Å². The number of hydrogen-bond donors (Lipinski definition) is 1. The maximum absolute atomic E-state index is 12.6. The Bertz CT molecular complexity index is 658. The van der Waals surface area contributed by atoms with E-state index in [4.69, 9.17) is 0 Å². The molecule has 0 aliphatic heterocycles. The lowest BCUT2D eigenvalue weighted by atomic mass is 10.3. The number of para-hydroxylation sites is 1. The topological polar surface area (TPSA) is 59.1 Å². The van der Waals surface area contributed by atoms with Crippen LogP contribution >= 0.6 is 11.3 Å². The highest BCUT2D eigenvalue weighted by Crippen LogP contribution is 2.26. The zero-order chi connectivity index (χ0) is 14.6.